The zero-order valence-corrected chi connectivity index (χ0v) is 13.8. The summed E-state index contributed by atoms with van der Waals surface area (Å²) in [6.07, 6.45) is 0. The maximum absolute atomic E-state index is 12.2. The Morgan fingerprint density at radius 2 is 1.95 bits per heavy atom. The predicted molar refractivity (Wildman–Crippen MR) is 83.4 cm³/mol. The van der Waals surface area contributed by atoms with Crippen LogP contribution in [-0.2, 0) is 10.0 Å². The van der Waals surface area contributed by atoms with E-state index in [2.05, 4.69) is 4.72 Å². The first-order chi connectivity index (χ1) is 9.03. The third kappa shape index (κ3) is 4.94. The lowest BCUT2D eigenvalue weighted by molar-refractivity contribution is 0.242. The Hall–Kier alpha value is -0.820. The highest BCUT2D eigenvalue weighted by Gasteiger charge is 2.23. The largest absolute Gasteiger partial charge is 0.397 e. The van der Waals surface area contributed by atoms with Gasteiger partial charge in [0, 0.05) is 13.1 Å². The fourth-order valence-corrected chi connectivity index (χ4v) is 3.37. The average Bonchev–Trinajstić information content (AvgIpc) is 2.29. The molecule has 0 aliphatic carbocycles. The second kappa shape index (κ2) is 6.30. The minimum absolute atomic E-state index is 0.125. The first kappa shape index (κ1) is 17.2. The van der Waals surface area contributed by atoms with Crippen molar-refractivity contribution in [1.29, 1.82) is 0 Å². The molecule has 0 bridgehead atoms. The minimum atomic E-state index is -3.58. The van der Waals surface area contributed by atoms with E-state index in [4.69, 9.17) is 17.3 Å². The van der Waals surface area contributed by atoms with Crippen LogP contribution in [0.25, 0.3) is 0 Å². The molecule has 0 fully saturated rings. The molecule has 1 rings (SSSR count). The van der Waals surface area contributed by atoms with Crippen LogP contribution in [0.15, 0.2) is 23.1 Å². The monoisotopic (exact) mass is 319 g/mol. The Morgan fingerprint density at radius 1 is 1.35 bits per heavy atom. The molecule has 1 aromatic carbocycles. The van der Waals surface area contributed by atoms with Gasteiger partial charge in [-0.3, -0.25) is 0 Å². The van der Waals surface area contributed by atoms with E-state index in [0.29, 0.717) is 11.6 Å². The van der Waals surface area contributed by atoms with Crippen LogP contribution < -0.4 is 10.5 Å². The summed E-state index contributed by atoms with van der Waals surface area (Å²) in [6.45, 7) is 5.13. The Balaban J connectivity index is 2.82. The molecule has 1 aromatic rings. The number of nitrogens with zero attached hydrogens (tertiary/aromatic N) is 1. The van der Waals surface area contributed by atoms with E-state index in [9.17, 15) is 8.42 Å². The van der Waals surface area contributed by atoms with Gasteiger partial charge in [-0.1, -0.05) is 25.4 Å². The maximum atomic E-state index is 12.2. The van der Waals surface area contributed by atoms with Gasteiger partial charge in [-0.15, -0.1) is 0 Å². The molecule has 0 atom stereocenters. The standard InChI is InChI=1S/C13H22ClN3O2S/c1-13(2,9-17(3)4)8-16-20(18,19)10-5-6-11(14)12(15)7-10/h5-7,16H,8-9,15H2,1-4H3. The molecule has 0 aliphatic heterocycles. The minimum Gasteiger partial charge on any atom is -0.397 e. The van der Waals surface area contributed by atoms with Crippen molar-refractivity contribution < 1.29 is 8.42 Å². The Bertz CT molecular complexity index is 571. The number of halogens is 1. The molecule has 0 unspecified atom stereocenters. The van der Waals surface area contributed by atoms with E-state index in [1.165, 1.54) is 18.2 Å². The van der Waals surface area contributed by atoms with Crippen LogP contribution in [-0.4, -0.2) is 40.5 Å². The van der Waals surface area contributed by atoms with Crippen LogP contribution in [0.3, 0.4) is 0 Å². The highest BCUT2D eigenvalue weighted by molar-refractivity contribution is 7.89. The second-order valence-corrected chi connectivity index (χ2v) is 8.08. The second-order valence-electron chi connectivity index (χ2n) is 5.91. The van der Waals surface area contributed by atoms with Crippen molar-refractivity contribution in [2.75, 3.05) is 32.9 Å². The molecule has 20 heavy (non-hydrogen) atoms. The first-order valence-corrected chi connectivity index (χ1v) is 8.09. The zero-order chi connectivity index (χ0) is 15.6. The summed E-state index contributed by atoms with van der Waals surface area (Å²) >= 11 is 5.79. The summed E-state index contributed by atoms with van der Waals surface area (Å²) in [5.41, 5.74) is 5.71. The number of nitrogen functional groups attached to an aromatic ring is 1. The molecule has 114 valence electrons. The fourth-order valence-electron chi connectivity index (χ4n) is 1.97. The van der Waals surface area contributed by atoms with Gasteiger partial charge in [-0.25, -0.2) is 13.1 Å². The Morgan fingerprint density at radius 3 is 2.45 bits per heavy atom. The van der Waals surface area contributed by atoms with Crippen LogP contribution in [0.4, 0.5) is 5.69 Å². The Labute approximate surface area is 126 Å². The topological polar surface area (TPSA) is 75.4 Å². The fraction of sp³-hybridized carbons (Fsp3) is 0.538. The average molecular weight is 320 g/mol. The van der Waals surface area contributed by atoms with E-state index in [1.807, 2.05) is 32.8 Å². The van der Waals surface area contributed by atoms with Gasteiger partial charge in [0.1, 0.15) is 0 Å². The molecule has 5 nitrogen and oxygen atoms in total. The number of nitrogens with two attached hydrogens (primary N) is 1. The van der Waals surface area contributed by atoms with E-state index < -0.39 is 10.0 Å². The Kier molecular flexibility index (Phi) is 5.43. The van der Waals surface area contributed by atoms with Gasteiger partial charge in [-0.2, -0.15) is 0 Å². The number of hydrogen-bond acceptors (Lipinski definition) is 4. The third-order valence-electron chi connectivity index (χ3n) is 2.76. The summed E-state index contributed by atoms with van der Waals surface area (Å²) in [4.78, 5) is 2.15. The van der Waals surface area contributed by atoms with Crippen molar-refractivity contribution in [1.82, 2.24) is 9.62 Å². The van der Waals surface area contributed by atoms with Crippen molar-refractivity contribution in [3.05, 3.63) is 23.2 Å². The molecule has 0 aliphatic rings. The van der Waals surface area contributed by atoms with Gasteiger partial charge in [0.05, 0.1) is 15.6 Å². The number of rotatable bonds is 6. The van der Waals surface area contributed by atoms with Crippen molar-refractivity contribution >= 4 is 27.3 Å². The molecule has 0 amide bonds. The van der Waals surface area contributed by atoms with Crippen LogP contribution >= 0.6 is 11.6 Å². The van der Waals surface area contributed by atoms with Gasteiger partial charge in [0.2, 0.25) is 10.0 Å². The number of nitrogens with one attached hydrogen (secondary N) is 1. The summed E-state index contributed by atoms with van der Waals surface area (Å²) in [5, 5.41) is 0.344. The molecular weight excluding hydrogens is 298 g/mol. The van der Waals surface area contributed by atoms with Crippen molar-refractivity contribution in [2.24, 2.45) is 5.41 Å². The van der Waals surface area contributed by atoms with Gasteiger partial charge in [0.15, 0.2) is 0 Å². The normalized spacial score (nSPS) is 12.9. The quantitative estimate of drug-likeness (QED) is 0.784. The zero-order valence-electron chi connectivity index (χ0n) is 12.3. The molecule has 0 saturated carbocycles. The van der Waals surface area contributed by atoms with Crippen molar-refractivity contribution in [3.63, 3.8) is 0 Å². The molecule has 7 heteroatoms. The van der Waals surface area contributed by atoms with Gasteiger partial charge >= 0.3 is 0 Å². The number of hydrogen-bond donors (Lipinski definition) is 2. The SMILES string of the molecule is CN(C)CC(C)(C)CNS(=O)(=O)c1ccc(Cl)c(N)c1. The molecule has 3 N–H and O–H groups in total. The summed E-state index contributed by atoms with van der Waals surface area (Å²) in [7, 11) is 0.333. The molecule has 0 radical (unpaired) electrons. The molecule has 0 saturated heterocycles. The molecule has 0 aromatic heterocycles. The summed E-state index contributed by atoms with van der Waals surface area (Å²) in [6, 6.07) is 4.29. The van der Waals surface area contributed by atoms with Crippen LogP contribution in [0.2, 0.25) is 5.02 Å². The predicted octanol–water partition coefficient (Wildman–Crippen LogP) is 1.79. The molecule has 0 spiro atoms. The van der Waals surface area contributed by atoms with Gasteiger partial charge < -0.3 is 10.6 Å². The number of benzene rings is 1. The van der Waals surface area contributed by atoms with Crippen LogP contribution in [0.1, 0.15) is 13.8 Å². The highest BCUT2D eigenvalue weighted by Crippen LogP contribution is 2.23. The lowest BCUT2D eigenvalue weighted by atomic mass is 9.93. The first-order valence-electron chi connectivity index (χ1n) is 6.23. The van der Waals surface area contributed by atoms with Crippen molar-refractivity contribution in [3.8, 4) is 0 Å². The highest BCUT2D eigenvalue weighted by atomic mass is 35.5. The lowest BCUT2D eigenvalue weighted by Gasteiger charge is -2.28. The third-order valence-corrected chi connectivity index (χ3v) is 4.51. The van der Waals surface area contributed by atoms with Crippen molar-refractivity contribution in [2.45, 2.75) is 18.7 Å². The van der Waals surface area contributed by atoms with E-state index in [1.54, 1.807) is 0 Å². The van der Waals surface area contributed by atoms with Crippen LogP contribution in [0, 0.1) is 5.41 Å². The summed E-state index contributed by atoms with van der Waals surface area (Å²) in [5.74, 6) is 0. The molecular formula is C13H22ClN3O2S. The molecule has 0 heterocycles. The maximum Gasteiger partial charge on any atom is 0.240 e. The smallest absolute Gasteiger partial charge is 0.240 e. The van der Waals surface area contributed by atoms with E-state index >= 15 is 0 Å². The van der Waals surface area contributed by atoms with Gasteiger partial charge in [-0.05, 0) is 37.7 Å². The van der Waals surface area contributed by atoms with Crippen LogP contribution in [0.5, 0.6) is 0 Å². The van der Waals surface area contributed by atoms with E-state index in [0.717, 1.165) is 6.54 Å². The number of anilines is 1. The lowest BCUT2D eigenvalue weighted by Crippen LogP contribution is -2.39. The summed E-state index contributed by atoms with van der Waals surface area (Å²) < 4.78 is 27.0. The van der Waals surface area contributed by atoms with E-state index in [-0.39, 0.29) is 16.0 Å². The number of sulfonamides is 1. The van der Waals surface area contributed by atoms with Gasteiger partial charge in [0.25, 0.3) is 0 Å².